The fraction of sp³-hybridized carbons (Fsp3) is 0.370. The predicted molar refractivity (Wildman–Crippen MR) is 132 cm³/mol. The minimum atomic E-state index is -1.06. The molecule has 0 unspecified atom stereocenters. The van der Waals surface area contributed by atoms with Gasteiger partial charge in [-0.25, -0.2) is 19.2 Å². The zero-order valence-corrected chi connectivity index (χ0v) is 22.5. The number of carbonyl (C=O) groups excluding carboxylic acids is 5. The molecule has 0 aliphatic carbocycles. The molecule has 0 fully saturated rings. The third-order valence-electron chi connectivity index (χ3n) is 4.55. The molecule has 0 bridgehead atoms. The van der Waals surface area contributed by atoms with Crippen molar-refractivity contribution >= 4 is 29.7 Å². The minimum absolute atomic E-state index is 0.00490. The van der Waals surface area contributed by atoms with Crippen LogP contribution in [0.3, 0.4) is 0 Å². The van der Waals surface area contributed by atoms with Crippen LogP contribution in [0.15, 0.2) is 36.4 Å². The van der Waals surface area contributed by atoms with Crippen LogP contribution < -0.4 is 0 Å². The van der Waals surface area contributed by atoms with E-state index in [1.54, 1.807) is 41.5 Å². The quantitative estimate of drug-likeness (QED) is 0.209. The van der Waals surface area contributed by atoms with Crippen LogP contribution in [0.1, 0.15) is 98.9 Å². The van der Waals surface area contributed by atoms with Gasteiger partial charge in [0.1, 0.15) is 11.2 Å². The van der Waals surface area contributed by atoms with Gasteiger partial charge < -0.3 is 9.47 Å². The van der Waals surface area contributed by atoms with E-state index in [-0.39, 0.29) is 33.4 Å². The number of ether oxygens (including phenoxy) is 2. The SMILES string of the molecule is COC(=O)c1ccc(C(=O)c2ccc(C(=O)OOC(C)(C)C)c(C(=O)OOC(C)(C)C)c2)cc1C(=O)OC. The van der Waals surface area contributed by atoms with E-state index >= 15 is 0 Å². The Morgan fingerprint density at radius 3 is 1.26 bits per heavy atom. The maximum atomic E-state index is 13.3. The summed E-state index contributed by atoms with van der Waals surface area (Å²) < 4.78 is 9.38. The van der Waals surface area contributed by atoms with Crippen molar-refractivity contribution in [2.75, 3.05) is 14.2 Å². The first-order valence-corrected chi connectivity index (χ1v) is 11.4. The number of hydrogen-bond acceptors (Lipinski definition) is 11. The second-order valence-corrected chi connectivity index (χ2v) is 9.97. The van der Waals surface area contributed by atoms with E-state index in [4.69, 9.17) is 24.3 Å². The first-order valence-electron chi connectivity index (χ1n) is 11.4. The lowest BCUT2D eigenvalue weighted by atomic mass is 9.95. The molecule has 0 aliphatic heterocycles. The highest BCUT2D eigenvalue weighted by Crippen LogP contribution is 2.22. The highest BCUT2D eigenvalue weighted by molar-refractivity contribution is 6.13. The van der Waals surface area contributed by atoms with Gasteiger partial charge in [-0.05, 0) is 65.8 Å². The molecule has 204 valence electrons. The highest BCUT2D eigenvalue weighted by Gasteiger charge is 2.27. The third-order valence-corrected chi connectivity index (χ3v) is 4.55. The van der Waals surface area contributed by atoms with Gasteiger partial charge >= 0.3 is 23.9 Å². The van der Waals surface area contributed by atoms with Crippen molar-refractivity contribution in [1.29, 1.82) is 0 Å². The lowest BCUT2D eigenvalue weighted by Crippen LogP contribution is -2.25. The van der Waals surface area contributed by atoms with Gasteiger partial charge in [-0.3, -0.25) is 14.6 Å². The predicted octanol–water partition coefficient (Wildman–Crippen LogP) is 4.26. The second-order valence-electron chi connectivity index (χ2n) is 9.97. The Kier molecular flexibility index (Phi) is 9.49. The van der Waals surface area contributed by atoms with Gasteiger partial charge in [0.25, 0.3) is 0 Å². The maximum absolute atomic E-state index is 13.3. The molecule has 11 nitrogen and oxygen atoms in total. The van der Waals surface area contributed by atoms with E-state index in [1.807, 2.05) is 0 Å². The summed E-state index contributed by atoms with van der Waals surface area (Å²) in [5.74, 6) is -4.36. The summed E-state index contributed by atoms with van der Waals surface area (Å²) >= 11 is 0. The Morgan fingerprint density at radius 1 is 0.526 bits per heavy atom. The van der Waals surface area contributed by atoms with Crippen LogP contribution in [0, 0.1) is 0 Å². The van der Waals surface area contributed by atoms with Crippen molar-refractivity contribution < 1.29 is 53.0 Å². The molecule has 38 heavy (non-hydrogen) atoms. The van der Waals surface area contributed by atoms with Crippen LogP contribution in [0.5, 0.6) is 0 Å². The van der Waals surface area contributed by atoms with Crippen molar-refractivity contribution in [3.05, 3.63) is 69.8 Å². The Morgan fingerprint density at radius 2 is 0.868 bits per heavy atom. The van der Waals surface area contributed by atoms with E-state index in [9.17, 15) is 24.0 Å². The maximum Gasteiger partial charge on any atom is 0.374 e. The van der Waals surface area contributed by atoms with Crippen molar-refractivity contribution in [1.82, 2.24) is 0 Å². The highest BCUT2D eigenvalue weighted by atomic mass is 17.2. The molecule has 0 saturated heterocycles. The van der Waals surface area contributed by atoms with E-state index in [0.29, 0.717) is 0 Å². The molecule has 11 heteroatoms. The summed E-state index contributed by atoms with van der Waals surface area (Å²) in [6.07, 6.45) is 0. The lowest BCUT2D eigenvalue weighted by Gasteiger charge is -2.18. The molecular weight excluding hydrogens is 500 g/mol. The molecule has 2 aromatic rings. The monoisotopic (exact) mass is 530 g/mol. The standard InChI is InChI=1S/C27H30O11/c1-26(2,3)37-35-24(31)18-12-10-16(14-20(18)25(32)36-38-27(4,5)6)21(28)15-9-11-17(22(29)33-7)19(13-15)23(30)34-8/h9-14H,1-8H3. The molecule has 0 radical (unpaired) electrons. The molecule has 0 heterocycles. The van der Waals surface area contributed by atoms with Gasteiger partial charge in [-0.15, -0.1) is 0 Å². The van der Waals surface area contributed by atoms with Crippen LogP contribution in [0.4, 0.5) is 0 Å². The number of rotatable bonds is 8. The molecule has 0 atom stereocenters. The van der Waals surface area contributed by atoms with Crippen LogP contribution >= 0.6 is 0 Å². The van der Waals surface area contributed by atoms with Gasteiger partial charge in [0, 0.05) is 11.1 Å². The summed E-state index contributed by atoms with van der Waals surface area (Å²) in [7, 11) is 2.27. The molecule has 2 aromatic carbocycles. The van der Waals surface area contributed by atoms with Crippen LogP contribution in [0.2, 0.25) is 0 Å². The summed E-state index contributed by atoms with van der Waals surface area (Å²) in [6.45, 7) is 9.89. The van der Waals surface area contributed by atoms with Crippen molar-refractivity contribution in [2.24, 2.45) is 0 Å². The van der Waals surface area contributed by atoms with Crippen molar-refractivity contribution in [3.63, 3.8) is 0 Å². The average Bonchev–Trinajstić information content (AvgIpc) is 2.87. The third kappa shape index (κ3) is 7.95. The molecule has 0 aliphatic rings. The Hall–Kier alpha value is -4.09. The number of hydrogen-bond donors (Lipinski definition) is 0. The van der Waals surface area contributed by atoms with E-state index < -0.39 is 40.9 Å². The van der Waals surface area contributed by atoms with E-state index in [2.05, 4.69) is 4.74 Å². The van der Waals surface area contributed by atoms with Crippen molar-refractivity contribution in [3.8, 4) is 0 Å². The molecule has 0 N–H and O–H groups in total. The van der Waals surface area contributed by atoms with E-state index in [1.165, 1.54) is 30.3 Å². The molecule has 0 spiro atoms. The minimum Gasteiger partial charge on any atom is -0.465 e. The summed E-state index contributed by atoms with van der Waals surface area (Å²) in [5, 5.41) is 0. The van der Waals surface area contributed by atoms with Crippen LogP contribution in [0.25, 0.3) is 0 Å². The van der Waals surface area contributed by atoms with Gasteiger partial charge in [-0.2, -0.15) is 9.78 Å². The Bertz CT molecular complexity index is 1250. The second kappa shape index (κ2) is 12.0. The molecule has 0 saturated carbocycles. The lowest BCUT2D eigenvalue weighted by molar-refractivity contribution is -0.302. The normalized spacial score (nSPS) is 11.4. The van der Waals surface area contributed by atoms with E-state index in [0.717, 1.165) is 20.3 Å². The molecule has 2 rings (SSSR count). The zero-order valence-electron chi connectivity index (χ0n) is 22.5. The van der Waals surface area contributed by atoms with Gasteiger partial charge in [0.05, 0.1) is 36.5 Å². The molecular formula is C27H30O11. The molecule has 0 amide bonds. The smallest absolute Gasteiger partial charge is 0.374 e. The summed E-state index contributed by atoms with van der Waals surface area (Å²) in [4.78, 5) is 82.9. The zero-order chi connectivity index (χ0) is 28.8. The van der Waals surface area contributed by atoms with Gasteiger partial charge in [0.15, 0.2) is 5.78 Å². The first-order chi connectivity index (χ1) is 17.6. The van der Waals surface area contributed by atoms with Crippen LogP contribution in [-0.2, 0) is 29.0 Å². The number of ketones is 1. The fourth-order valence-corrected chi connectivity index (χ4v) is 2.87. The number of carbonyl (C=O) groups is 5. The largest absolute Gasteiger partial charge is 0.465 e. The summed E-state index contributed by atoms with van der Waals surface area (Å²) in [5.41, 5.74) is -2.59. The van der Waals surface area contributed by atoms with Gasteiger partial charge in [-0.1, -0.05) is 12.1 Å². The van der Waals surface area contributed by atoms with Crippen LogP contribution in [-0.4, -0.2) is 55.1 Å². The number of methoxy groups -OCH3 is 2. The topological polar surface area (TPSA) is 141 Å². The Labute approximate surface area is 219 Å². The fourth-order valence-electron chi connectivity index (χ4n) is 2.87. The number of esters is 2. The average molecular weight is 531 g/mol. The first kappa shape index (κ1) is 30.1. The number of benzene rings is 2. The summed E-state index contributed by atoms with van der Waals surface area (Å²) in [6, 6.07) is 7.31. The van der Waals surface area contributed by atoms with Crippen molar-refractivity contribution in [2.45, 2.75) is 52.7 Å². The Balaban J connectivity index is 2.54. The molecule has 0 aromatic heterocycles. The van der Waals surface area contributed by atoms with Gasteiger partial charge in [0.2, 0.25) is 0 Å².